The van der Waals surface area contributed by atoms with E-state index in [9.17, 15) is 5.11 Å². The van der Waals surface area contributed by atoms with Gasteiger partial charge in [-0.15, -0.1) is 0 Å². The average Bonchev–Trinajstić information content (AvgIpc) is 3.14. The molecule has 0 spiro atoms. The van der Waals surface area contributed by atoms with Crippen molar-refractivity contribution in [3.8, 4) is 5.75 Å². The lowest BCUT2D eigenvalue weighted by Gasteiger charge is -2.27. The van der Waals surface area contributed by atoms with Gasteiger partial charge in [-0.2, -0.15) is 0 Å². The van der Waals surface area contributed by atoms with E-state index in [2.05, 4.69) is 0 Å². The molecule has 3 heteroatoms. The van der Waals surface area contributed by atoms with Crippen LogP contribution in [0.3, 0.4) is 0 Å². The maximum absolute atomic E-state index is 10.5. The minimum Gasteiger partial charge on any atom is -0.496 e. The molecule has 0 bridgehead atoms. The molecule has 1 aliphatic carbocycles. The molecule has 16 heavy (non-hydrogen) atoms. The highest BCUT2D eigenvalue weighted by Gasteiger charge is 2.43. The van der Waals surface area contributed by atoms with E-state index >= 15 is 0 Å². The molecule has 1 aromatic carbocycles. The average molecular weight is 221 g/mol. The lowest BCUT2D eigenvalue weighted by Crippen LogP contribution is -2.42. The van der Waals surface area contributed by atoms with Crippen molar-refractivity contribution in [2.45, 2.75) is 24.9 Å². The van der Waals surface area contributed by atoms with Gasteiger partial charge in [-0.25, -0.2) is 0 Å². The van der Waals surface area contributed by atoms with Crippen LogP contribution in [0.5, 0.6) is 5.75 Å². The summed E-state index contributed by atoms with van der Waals surface area (Å²) in [7, 11) is 1.65. The van der Waals surface area contributed by atoms with E-state index in [0.29, 0.717) is 18.9 Å². The van der Waals surface area contributed by atoms with Crippen LogP contribution in [-0.2, 0) is 6.42 Å². The maximum Gasteiger partial charge on any atom is 0.122 e. The molecule has 1 saturated carbocycles. The molecule has 1 aromatic rings. The highest BCUT2D eigenvalue weighted by atomic mass is 16.5. The zero-order valence-corrected chi connectivity index (χ0v) is 9.65. The van der Waals surface area contributed by atoms with Gasteiger partial charge in [0.2, 0.25) is 0 Å². The third-order valence-corrected chi connectivity index (χ3v) is 3.38. The summed E-state index contributed by atoms with van der Waals surface area (Å²) in [6.07, 6.45) is 2.75. The van der Waals surface area contributed by atoms with Gasteiger partial charge >= 0.3 is 0 Å². The molecule has 0 amide bonds. The van der Waals surface area contributed by atoms with Gasteiger partial charge in [0.15, 0.2) is 0 Å². The molecule has 1 atom stereocenters. The van der Waals surface area contributed by atoms with Crippen LogP contribution in [0.2, 0.25) is 0 Å². The summed E-state index contributed by atoms with van der Waals surface area (Å²) in [5.41, 5.74) is 5.97. The van der Waals surface area contributed by atoms with Crippen molar-refractivity contribution in [3.05, 3.63) is 29.8 Å². The van der Waals surface area contributed by atoms with E-state index in [1.165, 1.54) is 0 Å². The highest BCUT2D eigenvalue weighted by Crippen LogP contribution is 2.41. The molecule has 3 nitrogen and oxygen atoms in total. The van der Waals surface area contributed by atoms with Gasteiger partial charge in [0.25, 0.3) is 0 Å². The van der Waals surface area contributed by atoms with Crippen LogP contribution in [0.25, 0.3) is 0 Å². The minimum atomic E-state index is -0.755. The fourth-order valence-corrected chi connectivity index (χ4v) is 2.18. The van der Waals surface area contributed by atoms with E-state index in [1.54, 1.807) is 7.11 Å². The van der Waals surface area contributed by atoms with Crippen LogP contribution in [0, 0.1) is 5.92 Å². The summed E-state index contributed by atoms with van der Waals surface area (Å²) in [5, 5.41) is 10.5. The van der Waals surface area contributed by atoms with Crippen molar-refractivity contribution in [3.63, 3.8) is 0 Å². The second-order valence-electron chi connectivity index (χ2n) is 4.57. The summed E-state index contributed by atoms with van der Waals surface area (Å²) in [6, 6.07) is 7.80. The van der Waals surface area contributed by atoms with Crippen molar-refractivity contribution in [2.75, 3.05) is 13.7 Å². The number of hydrogen-bond acceptors (Lipinski definition) is 3. The third-order valence-electron chi connectivity index (χ3n) is 3.38. The van der Waals surface area contributed by atoms with Gasteiger partial charge in [-0.3, -0.25) is 0 Å². The summed E-state index contributed by atoms with van der Waals surface area (Å²) < 4.78 is 5.28. The number of hydrogen-bond donors (Lipinski definition) is 2. The van der Waals surface area contributed by atoms with Gasteiger partial charge in [0, 0.05) is 13.0 Å². The first-order chi connectivity index (χ1) is 7.69. The summed E-state index contributed by atoms with van der Waals surface area (Å²) in [5.74, 6) is 1.19. The Bertz CT molecular complexity index is 363. The van der Waals surface area contributed by atoms with E-state index < -0.39 is 5.60 Å². The Morgan fingerprint density at radius 2 is 2.12 bits per heavy atom. The molecule has 0 radical (unpaired) electrons. The number of nitrogens with two attached hydrogens (primary N) is 1. The smallest absolute Gasteiger partial charge is 0.122 e. The van der Waals surface area contributed by atoms with Crippen molar-refractivity contribution >= 4 is 0 Å². The fourth-order valence-electron chi connectivity index (χ4n) is 2.18. The number of aliphatic hydroxyl groups is 1. The summed E-state index contributed by atoms with van der Waals surface area (Å²) in [4.78, 5) is 0. The summed E-state index contributed by atoms with van der Waals surface area (Å²) in [6.45, 7) is 0.315. The normalized spacial score (nSPS) is 19.2. The van der Waals surface area contributed by atoms with Crippen LogP contribution in [0.15, 0.2) is 24.3 Å². The van der Waals surface area contributed by atoms with E-state index in [0.717, 1.165) is 24.2 Å². The molecule has 88 valence electrons. The zero-order valence-electron chi connectivity index (χ0n) is 9.65. The van der Waals surface area contributed by atoms with Crippen molar-refractivity contribution < 1.29 is 9.84 Å². The van der Waals surface area contributed by atoms with Crippen molar-refractivity contribution in [2.24, 2.45) is 11.7 Å². The SMILES string of the molecule is COc1ccccc1CC(O)(CN)C1CC1. The molecule has 2 rings (SSSR count). The molecule has 0 aliphatic heterocycles. The van der Waals surface area contributed by atoms with E-state index in [-0.39, 0.29) is 0 Å². The van der Waals surface area contributed by atoms with Gasteiger partial charge in [0.05, 0.1) is 12.7 Å². The topological polar surface area (TPSA) is 55.5 Å². The molecule has 1 aliphatic rings. The van der Waals surface area contributed by atoms with Crippen LogP contribution in [0.1, 0.15) is 18.4 Å². The molecule has 3 N–H and O–H groups in total. The number of para-hydroxylation sites is 1. The first kappa shape index (κ1) is 11.4. The van der Waals surface area contributed by atoms with Crippen LogP contribution < -0.4 is 10.5 Å². The number of ether oxygens (including phenoxy) is 1. The quantitative estimate of drug-likeness (QED) is 0.789. The molecule has 1 unspecified atom stereocenters. The molecule has 0 saturated heterocycles. The minimum absolute atomic E-state index is 0.315. The molecular formula is C13H19NO2. The van der Waals surface area contributed by atoms with Crippen LogP contribution in [0.4, 0.5) is 0 Å². The Hall–Kier alpha value is -1.06. The van der Waals surface area contributed by atoms with Crippen molar-refractivity contribution in [1.82, 2.24) is 0 Å². The van der Waals surface area contributed by atoms with E-state index in [1.807, 2.05) is 24.3 Å². The predicted molar refractivity (Wildman–Crippen MR) is 63.4 cm³/mol. The molecule has 0 aromatic heterocycles. The zero-order chi connectivity index (χ0) is 11.6. The maximum atomic E-state index is 10.5. The Morgan fingerprint density at radius 3 is 2.69 bits per heavy atom. The predicted octanol–water partition coefficient (Wildman–Crippen LogP) is 1.34. The van der Waals surface area contributed by atoms with Gasteiger partial charge in [-0.05, 0) is 30.4 Å². The Labute approximate surface area is 96.2 Å². The summed E-state index contributed by atoms with van der Waals surface area (Å²) >= 11 is 0. The standard InChI is InChI=1S/C13H19NO2/c1-16-12-5-3-2-4-10(12)8-13(15,9-14)11-6-7-11/h2-5,11,15H,6-9,14H2,1H3. The number of rotatable bonds is 5. The first-order valence-corrected chi connectivity index (χ1v) is 5.74. The van der Waals surface area contributed by atoms with Gasteiger partial charge in [-0.1, -0.05) is 18.2 Å². The number of methoxy groups -OCH3 is 1. The lowest BCUT2D eigenvalue weighted by molar-refractivity contribution is 0.0262. The fraction of sp³-hybridized carbons (Fsp3) is 0.538. The lowest BCUT2D eigenvalue weighted by atomic mass is 9.89. The molecule has 0 heterocycles. The van der Waals surface area contributed by atoms with Crippen molar-refractivity contribution in [1.29, 1.82) is 0 Å². The first-order valence-electron chi connectivity index (χ1n) is 5.74. The second kappa shape index (κ2) is 4.44. The molecular weight excluding hydrogens is 202 g/mol. The van der Waals surface area contributed by atoms with Crippen LogP contribution >= 0.6 is 0 Å². The largest absolute Gasteiger partial charge is 0.496 e. The van der Waals surface area contributed by atoms with Gasteiger partial charge in [0.1, 0.15) is 5.75 Å². The van der Waals surface area contributed by atoms with Gasteiger partial charge < -0.3 is 15.6 Å². The highest BCUT2D eigenvalue weighted by molar-refractivity contribution is 5.34. The third kappa shape index (κ3) is 2.20. The molecule has 1 fully saturated rings. The Kier molecular flexibility index (Phi) is 3.17. The number of benzene rings is 1. The van der Waals surface area contributed by atoms with Crippen LogP contribution in [-0.4, -0.2) is 24.4 Å². The Morgan fingerprint density at radius 1 is 1.44 bits per heavy atom. The monoisotopic (exact) mass is 221 g/mol. The van der Waals surface area contributed by atoms with E-state index in [4.69, 9.17) is 10.5 Å². The Balaban J connectivity index is 2.18. The second-order valence-corrected chi connectivity index (χ2v) is 4.57.